The van der Waals surface area contributed by atoms with Gasteiger partial charge in [-0.3, -0.25) is 0 Å². The maximum absolute atomic E-state index is 12.2. The third-order valence-corrected chi connectivity index (χ3v) is 4.68. The number of rotatable bonds is 4. The Hall–Kier alpha value is -0.660. The molecule has 2 saturated carbocycles. The summed E-state index contributed by atoms with van der Waals surface area (Å²) in [5.41, 5.74) is 10.8. The van der Waals surface area contributed by atoms with Crippen LogP contribution in [0.15, 0.2) is 0 Å². The Kier molecular flexibility index (Phi) is 13.2. The van der Waals surface area contributed by atoms with E-state index in [1.165, 1.54) is 44.9 Å². The largest absolute Gasteiger partial charge is 0.330 e. The first-order valence-corrected chi connectivity index (χ1v) is 9.73. The first-order chi connectivity index (χ1) is 11.4. The van der Waals surface area contributed by atoms with E-state index in [0.29, 0.717) is 12.8 Å². The molecule has 0 amide bonds. The zero-order valence-electron chi connectivity index (χ0n) is 15.6. The van der Waals surface area contributed by atoms with Crippen LogP contribution in [0.5, 0.6) is 0 Å². The van der Waals surface area contributed by atoms with E-state index in [2.05, 4.69) is 12.8 Å². The highest BCUT2D eigenvalue weighted by molar-refractivity contribution is 5.11. The van der Waals surface area contributed by atoms with Gasteiger partial charge in [0.05, 0.1) is 5.54 Å². The summed E-state index contributed by atoms with van der Waals surface area (Å²) in [7, 11) is 0. The molecule has 0 unspecified atom stereocenters. The Labute approximate surface area is 148 Å². The van der Waals surface area contributed by atoms with Gasteiger partial charge in [-0.05, 0) is 38.6 Å². The summed E-state index contributed by atoms with van der Waals surface area (Å²) in [5, 5.41) is 0. The fourth-order valence-corrected chi connectivity index (χ4v) is 2.97. The van der Waals surface area contributed by atoms with E-state index in [1.807, 2.05) is 0 Å². The minimum absolute atomic E-state index is 0.118. The molecule has 0 heterocycles. The van der Waals surface area contributed by atoms with Crippen LogP contribution >= 0.6 is 0 Å². The average Bonchev–Trinajstić information content (AvgIpc) is 2.57. The van der Waals surface area contributed by atoms with Crippen molar-refractivity contribution in [2.75, 3.05) is 6.54 Å². The molecule has 4 heteroatoms. The molecule has 0 atom stereocenters. The molecular weight excluding hydrogens is 306 g/mol. The molecule has 0 aromatic rings. The van der Waals surface area contributed by atoms with Gasteiger partial charge in [0.15, 0.2) is 0 Å². The van der Waals surface area contributed by atoms with Gasteiger partial charge in [0, 0.05) is 12.8 Å². The van der Waals surface area contributed by atoms with Crippen molar-refractivity contribution in [1.82, 2.24) is 0 Å². The van der Waals surface area contributed by atoms with E-state index < -0.39 is 5.92 Å². The standard InChI is InChI=1S/C8H13N.C6H10F2.C6H15N/c1-2-8(9)6-4-3-5-7-8;7-6(8)4-2-1-3-5-6;1-2-3-4-5-6-7/h1H,3-7,9H2;1-5H2;2-7H2,1H3. The number of halogens is 2. The molecule has 0 bridgehead atoms. The Balaban J connectivity index is 0.000000334. The van der Waals surface area contributed by atoms with Gasteiger partial charge in [-0.1, -0.05) is 57.8 Å². The molecule has 0 aromatic heterocycles. The van der Waals surface area contributed by atoms with Gasteiger partial charge in [-0.2, -0.15) is 0 Å². The lowest BCUT2D eigenvalue weighted by Gasteiger charge is -2.27. The van der Waals surface area contributed by atoms with Crippen molar-refractivity contribution < 1.29 is 8.78 Å². The van der Waals surface area contributed by atoms with E-state index in [4.69, 9.17) is 17.9 Å². The second-order valence-corrected chi connectivity index (χ2v) is 7.13. The smallest absolute Gasteiger partial charge is 0.248 e. The Bertz CT molecular complexity index is 319. The molecule has 24 heavy (non-hydrogen) atoms. The van der Waals surface area contributed by atoms with Crippen LogP contribution < -0.4 is 11.5 Å². The molecule has 142 valence electrons. The number of terminal acetylenes is 1. The van der Waals surface area contributed by atoms with Gasteiger partial charge in [0.25, 0.3) is 0 Å². The lowest BCUT2D eigenvalue weighted by Crippen LogP contribution is -2.39. The van der Waals surface area contributed by atoms with Gasteiger partial charge in [-0.15, -0.1) is 6.42 Å². The van der Waals surface area contributed by atoms with Crippen molar-refractivity contribution >= 4 is 0 Å². The van der Waals surface area contributed by atoms with E-state index in [-0.39, 0.29) is 18.4 Å². The van der Waals surface area contributed by atoms with Gasteiger partial charge in [0.2, 0.25) is 5.92 Å². The number of unbranched alkanes of at least 4 members (excludes halogenated alkanes) is 3. The van der Waals surface area contributed by atoms with Crippen molar-refractivity contribution in [3.63, 3.8) is 0 Å². The van der Waals surface area contributed by atoms with E-state index in [9.17, 15) is 8.78 Å². The summed E-state index contributed by atoms with van der Waals surface area (Å²) in [5.74, 6) is 0.337. The molecule has 0 aromatic carbocycles. The Morgan fingerprint density at radius 3 is 1.67 bits per heavy atom. The molecule has 0 spiro atoms. The van der Waals surface area contributed by atoms with Crippen LogP contribution in [0, 0.1) is 12.3 Å². The minimum atomic E-state index is -2.32. The lowest BCUT2D eigenvalue weighted by atomic mass is 9.83. The highest BCUT2D eigenvalue weighted by Crippen LogP contribution is 2.32. The Morgan fingerprint density at radius 1 is 0.875 bits per heavy atom. The fraction of sp³-hybridized carbons (Fsp3) is 0.900. The van der Waals surface area contributed by atoms with Crippen molar-refractivity contribution in [1.29, 1.82) is 0 Å². The zero-order valence-corrected chi connectivity index (χ0v) is 15.6. The summed E-state index contributed by atoms with van der Waals surface area (Å²) in [6, 6.07) is 0. The van der Waals surface area contributed by atoms with Crippen LogP contribution in [0.1, 0.15) is 96.8 Å². The molecular formula is C20H38F2N2. The normalized spacial score (nSPS) is 21.3. The number of hydrogen-bond donors (Lipinski definition) is 2. The predicted molar refractivity (Wildman–Crippen MR) is 100 cm³/mol. The first-order valence-electron chi connectivity index (χ1n) is 9.73. The average molecular weight is 345 g/mol. The quantitative estimate of drug-likeness (QED) is 0.530. The van der Waals surface area contributed by atoms with Crippen molar-refractivity contribution in [3.8, 4) is 12.3 Å². The Morgan fingerprint density at radius 2 is 1.38 bits per heavy atom. The summed E-state index contributed by atoms with van der Waals surface area (Å²) in [6.45, 7) is 3.07. The minimum Gasteiger partial charge on any atom is -0.330 e. The molecule has 0 radical (unpaired) electrons. The number of nitrogens with two attached hydrogens (primary N) is 2. The third kappa shape index (κ3) is 12.7. The third-order valence-electron chi connectivity index (χ3n) is 4.68. The maximum Gasteiger partial charge on any atom is 0.248 e. The van der Waals surface area contributed by atoms with Crippen LogP contribution in [0.2, 0.25) is 0 Å². The summed E-state index contributed by atoms with van der Waals surface area (Å²) >= 11 is 0. The number of alkyl halides is 2. The molecule has 2 aliphatic carbocycles. The highest BCUT2D eigenvalue weighted by Gasteiger charge is 2.30. The highest BCUT2D eigenvalue weighted by atomic mass is 19.3. The fourth-order valence-electron chi connectivity index (χ4n) is 2.97. The van der Waals surface area contributed by atoms with E-state index in [0.717, 1.165) is 25.8 Å². The lowest BCUT2D eigenvalue weighted by molar-refractivity contribution is -0.0337. The monoisotopic (exact) mass is 344 g/mol. The molecule has 0 aliphatic heterocycles. The maximum atomic E-state index is 12.2. The number of hydrogen-bond acceptors (Lipinski definition) is 2. The summed E-state index contributed by atoms with van der Waals surface area (Å²) in [4.78, 5) is 0. The second kappa shape index (κ2) is 13.6. The van der Waals surface area contributed by atoms with Crippen LogP contribution in [0.4, 0.5) is 8.78 Å². The summed E-state index contributed by atoms with van der Waals surface area (Å²) < 4.78 is 24.4. The first kappa shape index (κ1) is 23.3. The van der Waals surface area contributed by atoms with Crippen LogP contribution in [0.25, 0.3) is 0 Å². The van der Waals surface area contributed by atoms with Crippen LogP contribution in [0.3, 0.4) is 0 Å². The van der Waals surface area contributed by atoms with Crippen molar-refractivity contribution in [3.05, 3.63) is 0 Å². The predicted octanol–water partition coefficient (Wildman–Crippen LogP) is 5.39. The van der Waals surface area contributed by atoms with Crippen molar-refractivity contribution in [2.24, 2.45) is 11.5 Å². The van der Waals surface area contributed by atoms with Gasteiger partial charge < -0.3 is 11.5 Å². The molecule has 2 fully saturated rings. The molecule has 0 saturated heterocycles. The van der Waals surface area contributed by atoms with E-state index in [1.54, 1.807) is 0 Å². The van der Waals surface area contributed by atoms with Gasteiger partial charge in [-0.25, -0.2) is 8.78 Å². The van der Waals surface area contributed by atoms with Gasteiger partial charge >= 0.3 is 0 Å². The second-order valence-electron chi connectivity index (χ2n) is 7.13. The topological polar surface area (TPSA) is 52.0 Å². The SMILES string of the molecule is C#CC1(N)CCCCC1.CCCCCCN.FC1(F)CCCCC1. The van der Waals surface area contributed by atoms with Crippen LogP contribution in [-0.2, 0) is 0 Å². The summed E-state index contributed by atoms with van der Waals surface area (Å²) in [6.07, 6.45) is 18.8. The van der Waals surface area contributed by atoms with E-state index >= 15 is 0 Å². The van der Waals surface area contributed by atoms with Crippen LogP contribution in [-0.4, -0.2) is 18.0 Å². The molecule has 2 aliphatic rings. The molecule has 4 N–H and O–H groups in total. The van der Waals surface area contributed by atoms with Crippen molar-refractivity contribution in [2.45, 2.75) is 108 Å². The molecule has 2 nitrogen and oxygen atoms in total. The molecule has 2 rings (SSSR count). The zero-order chi connectivity index (χ0) is 18.3. The van der Waals surface area contributed by atoms with Gasteiger partial charge in [0.1, 0.15) is 0 Å².